The summed E-state index contributed by atoms with van der Waals surface area (Å²) in [4.78, 5) is 14.4. The number of oxime groups is 1. The normalized spacial score (nSPS) is 9.43. The molecular weight excluding hydrogens is 188 g/mol. The molecule has 0 saturated carbocycles. The summed E-state index contributed by atoms with van der Waals surface area (Å²) in [6.45, 7) is 6.03. The van der Waals surface area contributed by atoms with Crippen molar-refractivity contribution in [2.75, 3.05) is 39.6 Å². The highest BCUT2D eigenvalue weighted by atomic mass is 16.6. The van der Waals surface area contributed by atoms with Gasteiger partial charge in [0.25, 0.3) is 0 Å². The fourth-order valence-corrected chi connectivity index (χ4v) is 0.673. The first-order valence-corrected chi connectivity index (χ1v) is 4.32. The Morgan fingerprint density at radius 3 is 2.43 bits per heavy atom. The Kier molecular flexibility index (Phi) is 10.9. The van der Waals surface area contributed by atoms with Crippen molar-refractivity contribution >= 4 is 13.1 Å². The Balaban J connectivity index is 2.84. The van der Waals surface area contributed by atoms with Gasteiger partial charge in [0.2, 0.25) is 6.41 Å². The van der Waals surface area contributed by atoms with Gasteiger partial charge in [-0.15, -0.1) is 5.16 Å². The lowest BCUT2D eigenvalue weighted by molar-refractivity contribution is -0.109. The van der Waals surface area contributed by atoms with Gasteiger partial charge in [-0.1, -0.05) is 0 Å². The number of carbonyl (C=O) groups excluding carboxylic acids is 1. The fourth-order valence-electron chi connectivity index (χ4n) is 0.673. The Labute approximate surface area is 83.2 Å². The molecule has 1 N–H and O–H groups in total. The molecule has 0 radical (unpaired) electrons. The minimum Gasteiger partial charge on any atom is -0.394 e. The van der Waals surface area contributed by atoms with Gasteiger partial charge in [0, 0.05) is 13.3 Å². The van der Waals surface area contributed by atoms with Crippen LogP contribution >= 0.6 is 0 Å². The third kappa shape index (κ3) is 10.9. The smallest absolute Gasteiger partial charge is 0.207 e. The van der Waals surface area contributed by atoms with Gasteiger partial charge < -0.3 is 19.6 Å². The second kappa shape index (κ2) is 11.9. The number of hydrogen-bond donors (Lipinski definition) is 1. The molecule has 0 spiro atoms. The molecule has 0 unspecified atom stereocenters. The average molecular weight is 204 g/mol. The minimum atomic E-state index is 0.399. The Morgan fingerprint density at radius 2 is 1.79 bits per heavy atom. The van der Waals surface area contributed by atoms with Gasteiger partial charge in [0.05, 0.1) is 26.4 Å². The van der Waals surface area contributed by atoms with Crippen molar-refractivity contribution < 1.29 is 19.1 Å². The molecular formula is C8H16N2O4. The van der Waals surface area contributed by atoms with Crippen molar-refractivity contribution in [2.24, 2.45) is 5.16 Å². The number of rotatable bonds is 11. The lowest BCUT2D eigenvalue weighted by Gasteiger charge is -2.04. The van der Waals surface area contributed by atoms with Gasteiger partial charge in [0.15, 0.2) is 0 Å². The molecule has 0 heterocycles. The van der Waals surface area contributed by atoms with E-state index in [1.165, 1.54) is 0 Å². The fraction of sp³-hybridized carbons (Fsp3) is 0.750. The zero-order valence-electron chi connectivity index (χ0n) is 8.11. The molecule has 0 aromatic carbocycles. The first-order valence-electron chi connectivity index (χ1n) is 4.32. The van der Waals surface area contributed by atoms with E-state index in [1.54, 1.807) is 0 Å². The largest absolute Gasteiger partial charge is 0.394 e. The lowest BCUT2D eigenvalue weighted by atomic mass is 10.6. The molecule has 0 aromatic heterocycles. The monoisotopic (exact) mass is 204 g/mol. The van der Waals surface area contributed by atoms with Gasteiger partial charge in [0.1, 0.15) is 6.61 Å². The Hall–Kier alpha value is -1.14. The highest BCUT2D eigenvalue weighted by Crippen LogP contribution is 1.80. The van der Waals surface area contributed by atoms with Crippen molar-refractivity contribution in [3.05, 3.63) is 0 Å². The molecule has 82 valence electrons. The molecule has 0 fully saturated rings. The summed E-state index contributed by atoms with van der Waals surface area (Å²) < 4.78 is 10.2. The van der Waals surface area contributed by atoms with Gasteiger partial charge in [-0.2, -0.15) is 0 Å². The van der Waals surface area contributed by atoms with E-state index in [2.05, 4.69) is 22.0 Å². The Bertz CT molecular complexity index is 127. The van der Waals surface area contributed by atoms with Crippen LogP contribution in [0, 0.1) is 0 Å². The van der Waals surface area contributed by atoms with Crippen molar-refractivity contribution in [1.82, 2.24) is 5.32 Å². The summed E-state index contributed by atoms with van der Waals surface area (Å²) >= 11 is 0. The molecule has 0 aromatic rings. The predicted octanol–water partition coefficient (Wildman–Crippen LogP) is -0.602. The van der Waals surface area contributed by atoms with Crippen LogP contribution in [0.15, 0.2) is 5.16 Å². The molecule has 14 heavy (non-hydrogen) atoms. The van der Waals surface area contributed by atoms with Crippen LogP contribution in [0.25, 0.3) is 0 Å². The van der Waals surface area contributed by atoms with Crippen LogP contribution in [-0.4, -0.2) is 52.7 Å². The zero-order chi connectivity index (χ0) is 10.5. The van der Waals surface area contributed by atoms with E-state index in [1.807, 2.05) is 0 Å². The molecule has 0 bridgehead atoms. The number of carbonyl (C=O) groups is 1. The summed E-state index contributed by atoms with van der Waals surface area (Å²) in [6, 6.07) is 0. The molecule has 6 heteroatoms. The number of nitrogens with zero attached hydrogens (tertiary/aromatic N) is 1. The molecule has 0 atom stereocenters. The highest BCUT2D eigenvalue weighted by Gasteiger charge is 1.89. The quantitative estimate of drug-likeness (QED) is 0.211. The summed E-state index contributed by atoms with van der Waals surface area (Å²) in [7, 11) is 0. The second-order valence-corrected chi connectivity index (χ2v) is 2.26. The number of ether oxygens (including phenoxy) is 2. The van der Waals surface area contributed by atoms with Crippen molar-refractivity contribution in [1.29, 1.82) is 0 Å². The third-order valence-corrected chi connectivity index (χ3v) is 1.26. The van der Waals surface area contributed by atoms with Crippen LogP contribution in [0.2, 0.25) is 0 Å². The van der Waals surface area contributed by atoms with Gasteiger partial charge in [-0.05, 0) is 0 Å². The molecule has 0 aliphatic carbocycles. The molecule has 0 aliphatic rings. The zero-order valence-corrected chi connectivity index (χ0v) is 8.11. The standard InChI is InChI=1S/C8H16N2O4/c1-9-14-7-6-13-5-4-12-3-2-10-8-11/h8H,1-7H2,(H,10,11). The molecule has 0 saturated heterocycles. The Morgan fingerprint density at radius 1 is 1.14 bits per heavy atom. The van der Waals surface area contributed by atoms with Crippen LogP contribution in [-0.2, 0) is 19.1 Å². The van der Waals surface area contributed by atoms with E-state index in [-0.39, 0.29) is 0 Å². The van der Waals surface area contributed by atoms with E-state index in [0.717, 1.165) is 0 Å². The lowest BCUT2D eigenvalue weighted by Crippen LogP contribution is -2.19. The minimum absolute atomic E-state index is 0.399. The second-order valence-electron chi connectivity index (χ2n) is 2.26. The van der Waals surface area contributed by atoms with Gasteiger partial charge in [-0.25, -0.2) is 0 Å². The van der Waals surface area contributed by atoms with Crippen LogP contribution in [0.4, 0.5) is 0 Å². The summed E-state index contributed by atoms with van der Waals surface area (Å²) in [5.41, 5.74) is 0. The summed E-state index contributed by atoms with van der Waals surface area (Å²) in [5.74, 6) is 0. The van der Waals surface area contributed by atoms with Crippen molar-refractivity contribution in [2.45, 2.75) is 0 Å². The van der Waals surface area contributed by atoms with Crippen molar-refractivity contribution in [3.8, 4) is 0 Å². The van der Waals surface area contributed by atoms with Crippen LogP contribution in [0.3, 0.4) is 0 Å². The van der Waals surface area contributed by atoms with Crippen LogP contribution < -0.4 is 5.32 Å². The summed E-state index contributed by atoms with van der Waals surface area (Å²) in [5, 5.41) is 5.68. The van der Waals surface area contributed by atoms with Gasteiger partial charge >= 0.3 is 0 Å². The van der Waals surface area contributed by atoms with Crippen LogP contribution in [0.1, 0.15) is 0 Å². The van der Waals surface area contributed by atoms with E-state index < -0.39 is 0 Å². The van der Waals surface area contributed by atoms with E-state index in [0.29, 0.717) is 46.0 Å². The number of hydrogen-bond acceptors (Lipinski definition) is 5. The first kappa shape index (κ1) is 12.9. The van der Waals surface area contributed by atoms with E-state index >= 15 is 0 Å². The number of nitrogens with one attached hydrogen (secondary N) is 1. The molecule has 6 nitrogen and oxygen atoms in total. The molecule has 0 aliphatic heterocycles. The highest BCUT2D eigenvalue weighted by molar-refractivity contribution is 5.45. The first-order chi connectivity index (χ1) is 6.91. The maximum absolute atomic E-state index is 9.82. The van der Waals surface area contributed by atoms with Crippen LogP contribution in [0.5, 0.6) is 0 Å². The third-order valence-electron chi connectivity index (χ3n) is 1.26. The topological polar surface area (TPSA) is 69.2 Å². The molecule has 0 rings (SSSR count). The van der Waals surface area contributed by atoms with E-state index in [9.17, 15) is 4.79 Å². The maximum Gasteiger partial charge on any atom is 0.207 e. The summed E-state index contributed by atoms with van der Waals surface area (Å²) in [6.07, 6.45) is 0.638. The van der Waals surface area contributed by atoms with Gasteiger partial charge in [-0.3, -0.25) is 4.79 Å². The predicted molar refractivity (Wildman–Crippen MR) is 51.2 cm³/mol. The van der Waals surface area contributed by atoms with E-state index in [4.69, 9.17) is 9.47 Å². The maximum atomic E-state index is 9.82. The number of amides is 1. The van der Waals surface area contributed by atoms with Crippen molar-refractivity contribution in [3.63, 3.8) is 0 Å². The molecule has 1 amide bonds. The average Bonchev–Trinajstić information content (AvgIpc) is 2.21. The SMILES string of the molecule is C=NOCCOCCOCCNC=O.